The fraction of sp³-hybridized carbons (Fsp3) is 0.324. The molecule has 1 spiro atoms. The van der Waals surface area contributed by atoms with Crippen LogP contribution in [0.5, 0.6) is 11.5 Å². The van der Waals surface area contributed by atoms with Crippen LogP contribution in [0.3, 0.4) is 0 Å². The normalized spacial score (nSPS) is 24.0. The number of benzene rings is 3. The molecule has 1 fully saturated rings. The number of hydrogen-bond acceptors (Lipinski definition) is 6. The predicted molar refractivity (Wildman–Crippen MR) is 159 cm³/mol. The van der Waals surface area contributed by atoms with Crippen molar-refractivity contribution in [2.45, 2.75) is 45.2 Å². The van der Waals surface area contributed by atoms with Crippen molar-refractivity contribution in [1.29, 1.82) is 0 Å². The standard InChI is InChI=1S/C34H34N2O5/c1-19-11-14-25-20(17-19)12-16-27-34(23-9-7-8-10-24(23)35-32(34)39)28(29(36(25)27)31(38)33(2,3)4)30(37)22-18-21(40-5)13-15-26(22)41-6/h7-18,27-29H,1-6H3,(H,35,39). The number of carbonyl (C=O) groups excluding carboxylic acids is 3. The fourth-order valence-corrected chi connectivity index (χ4v) is 6.92. The zero-order chi connectivity index (χ0) is 29.3. The summed E-state index contributed by atoms with van der Waals surface area (Å²) in [5.41, 5.74) is 2.33. The van der Waals surface area contributed by atoms with E-state index in [1.165, 1.54) is 14.2 Å². The Balaban J connectivity index is 1.70. The topological polar surface area (TPSA) is 84.9 Å². The lowest BCUT2D eigenvalue weighted by Gasteiger charge is -2.38. The highest BCUT2D eigenvalue weighted by molar-refractivity contribution is 6.17. The highest BCUT2D eigenvalue weighted by Gasteiger charge is 2.71. The van der Waals surface area contributed by atoms with Crippen LogP contribution in [-0.4, -0.2) is 43.8 Å². The van der Waals surface area contributed by atoms with E-state index in [2.05, 4.69) is 11.4 Å². The number of Topliss-reactive ketones (excluding diaryl/α,β-unsaturated/α-hetero) is 2. The molecule has 1 saturated heterocycles. The van der Waals surface area contributed by atoms with Crippen molar-refractivity contribution in [3.8, 4) is 11.5 Å². The first kappa shape index (κ1) is 26.8. The van der Waals surface area contributed by atoms with E-state index in [1.54, 1.807) is 18.2 Å². The summed E-state index contributed by atoms with van der Waals surface area (Å²) in [7, 11) is 3.03. The minimum atomic E-state index is -1.37. The first-order valence-corrected chi connectivity index (χ1v) is 13.8. The average molecular weight is 551 g/mol. The smallest absolute Gasteiger partial charge is 0.238 e. The number of hydrogen-bond donors (Lipinski definition) is 1. The third kappa shape index (κ3) is 3.75. The molecule has 0 bridgehead atoms. The lowest BCUT2D eigenvalue weighted by molar-refractivity contribution is -0.128. The molecule has 3 aliphatic rings. The number of nitrogens with one attached hydrogen (secondary N) is 1. The SMILES string of the molecule is COc1ccc(OC)c(C(=O)C2C(C(=O)C(C)(C)C)N3c4ccc(C)cc4C=CC3C23C(=O)Nc2ccccc23)c1. The molecule has 4 atom stereocenters. The highest BCUT2D eigenvalue weighted by Crippen LogP contribution is 2.58. The molecule has 6 rings (SSSR count). The second-order valence-corrected chi connectivity index (χ2v) is 12.1. The Labute approximate surface area is 240 Å². The summed E-state index contributed by atoms with van der Waals surface area (Å²) in [4.78, 5) is 46.1. The van der Waals surface area contributed by atoms with Crippen molar-refractivity contribution >= 4 is 34.9 Å². The van der Waals surface area contributed by atoms with Gasteiger partial charge in [-0.3, -0.25) is 14.4 Å². The molecule has 7 nitrogen and oxygen atoms in total. The molecular weight excluding hydrogens is 516 g/mol. The van der Waals surface area contributed by atoms with Crippen molar-refractivity contribution in [2.24, 2.45) is 11.3 Å². The Bertz CT molecular complexity index is 1630. The highest BCUT2D eigenvalue weighted by atomic mass is 16.5. The number of rotatable bonds is 5. The maximum Gasteiger partial charge on any atom is 0.238 e. The van der Waals surface area contributed by atoms with Crippen LogP contribution < -0.4 is 19.7 Å². The van der Waals surface area contributed by atoms with Gasteiger partial charge in [0.15, 0.2) is 11.6 Å². The summed E-state index contributed by atoms with van der Waals surface area (Å²) in [5, 5.41) is 3.06. The van der Waals surface area contributed by atoms with E-state index < -0.39 is 28.8 Å². The van der Waals surface area contributed by atoms with Gasteiger partial charge in [-0.15, -0.1) is 0 Å². The third-order valence-corrected chi connectivity index (χ3v) is 8.75. The van der Waals surface area contributed by atoms with Gasteiger partial charge in [-0.2, -0.15) is 0 Å². The summed E-state index contributed by atoms with van der Waals surface area (Å²) in [5.74, 6) is -0.963. The quantitative estimate of drug-likeness (QED) is 0.417. The molecule has 3 heterocycles. The molecule has 0 saturated carbocycles. The van der Waals surface area contributed by atoms with E-state index in [0.29, 0.717) is 22.7 Å². The van der Waals surface area contributed by atoms with E-state index >= 15 is 4.79 Å². The largest absolute Gasteiger partial charge is 0.497 e. The van der Waals surface area contributed by atoms with Crippen LogP contribution in [0.1, 0.15) is 47.8 Å². The molecule has 210 valence electrons. The summed E-state index contributed by atoms with van der Waals surface area (Å²) in [6.45, 7) is 7.61. The number of carbonyl (C=O) groups is 3. The molecule has 41 heavy (non-hydrogen) atoms. The first-order chi connectivity index (χ1) is 19.5. The molecule has 7 heteroatoms. The summed E-state index contributed by atoms with van der Waals surface area (Å²) >= 11 is 0. The van der Waals surface area contributed by atoms with Gasteiger partial charge in [-0.25, -0.2) is 0 Å². The van der Waals surface area contributed by atoms with E-state index in [0.717, 1.165) is 16.8 Å². The van der Waals surface area contributed by atoms with Crippen LogP contribution in [0, 0.1) is 18.3 Å². The van der Waals surface area contributed by atoms with Gasteiger partial charge < -0.3 is 19.7 Å². The number of fused-ring (bicyclic) bond motifs is 6. The van der Waals surface area contributed by atoms with Crippen molar-refractivity contribution in [1.82, 2.24) is 0 Å². The average Bonchev–Trinajstić information content (AvgIpc) is 3.43. The van der Waals surface area contributed by atoms with Gasteiger partial charge in [0.25, 0.3) is 0 Å². The second kappa shape index (κ2) is 9.33. The van der Waals surface area contributed by atoms with Crippen LogP contribution in [0.2, 0.25) is 0 Å². The van der Waals surface area contributed by atoms with Gasteiger partial charge in [-0.1, -0.05) is 62.8 Å². The van der Waals surface area contributed by atoms with Gasteiger partial charge in [0.1, 0.15) is 23.0 Å². The number of ketones is 2. The summed E-state index contributed by atoms with van der Waals surface area (Å²) in [6, 6.07) is 17.1. The van der Waals surface area contributed by atoms with Crippen LogP contribution >= 0.6 is 0 Å². The number of para-hydroxylation sites is 1. The molecule has 4 unspecified atom stereocenters. The monoisotopic (exact) mass is 550 g/mol. The minimum Gasteiger partial charge on any atom is -0.497 e. The summed E-state index contributed by atoms with van der Waals surface area (Å²) < 4.78 is 11.1. The fourth-order valence-electron chi connectivity index (χ4n) is 6.92. The molecular formula is C34H34N2O5. The predicted octanol–water partition coefficient (Wildman–Crippen LogP) is 5.60. The molecule has 3 aliphatic heterocycles. The van der Waals surface area contributed by atoms with Gasteiger partial charge in [0.05, 0.1) is 31.7 Å². The van der Waals surface area contributed by atoms with E-state index in [4.69, 9.17) is 9.47 Å². The lowest BCUT2D eigenvalue weighted by Crippen LogP contribution is -2.51. The Morgan fingerprint density at radius 1 is 0.976 bits per heavy atom. The van der Waals surface area contributed by atoms with Crippen LogP contribution in [-0.2, 0) is 15.0 Å². The van der Waals surface area contributed by atoms with Crippen LogP contribution in [0.15, 0.2) is 66.7 Å². The number of ether oxygens (including phenoxy) is 2. The van der Waals surface area contributed by atoms with Crippen molar-refractivity contribution in [3.05, 3.63) is 89.0 Å². The minimum absolute atomic E-state index is 0.112. The van der Waals surface area contributed by atoms with Crippen molar-refractivity contribution < 1.29 is 23.9 Å². The molecule has 3 aromatic carbocycles. The van der Waals surface area contributed by atoms with Crippen molar-refractivity contribution in [2.75, 3.05) is 24.4 Å². The number of anilines is 2. The molecule has 0 radical (unpaired) electrons. The maximum absolute atomic E-state index is 15.0. The summed E-state index contributed by atoms with van der Waals surface area (Å²) in [6.07, 6.45) is 4.00. The number of nitrogens with zero attached hydrogens (tertiary/aromatic N) is 1. The molecule has 0 aromatic heterocycles. The Hall–Kier alpha value is -4.39. The Kier molecular flexibility index (Phi) is 6.10. The van der Waals surface area contributed by atoms with E-state index in [1.807, 2.05) is 81.1 Å². The van der Waals surface area contributed by atoms with Gasteiger partial charge in [0, 0.05) is 16.8 Å². The van der Waals surface area contributed by atoms with Gasteiger partial charge in [0.2, 0.25) is 5.91 Å². The number of amides is 1. The second-order valence-electron chi connectivity index (χ2n) is 12.1. The number of aryl methyl sites for hydroxylation is 1. The maximum atomic E-state index is 15.0. The molecule has 1 amide bonds. The van der Waals surface area contributed by atoms with E-state index in [9.17, 15) is 9.59 Å². The third-order valence-electron chi connectivity index (χ3n) is 8.75. The van der Waals surface area contributed by atoms with Crippen LogP contribution in [0.25, 0.3) is 6.08 Å². The van der Waals surface area contributed by atoms with Gasteiger partial charge in [-0.05, 0) is 54.4 Å². The zero-order valence-electron chi connectivity index (χ0n) is 24.1. The van der Waals surface area contributed by atoms with Crippen molar-refractivity contribution in [3.63, 3.8) is 0 Å². The Morgan fingerprint density at radius 3 is 2.44 bits per heavy atom. The van der Waals surface area contributed by atoms with Gasteiger partial charge >= 0.3 is 0 Å². The molecule has 0 aliphatic carbocycles. The Morgan fingerprint density at radius 2 is 1.73 bits per heavy atom. The van der Waals surface area contributed by atoms with E-state index in [-0.39, 0.29) is 23.0 Å². The lowest BCUT2D eigenvalue weighted by atomic mass is 9.63. The van der Waals surface area contributed by atoms with Crippen LogP contribution in [0.4, 0.5) is 11.4 Å². The number of methoxy groups -OCH3 is 2. The molecule has 1 N–H and O–H groups in total. The molecule has 3 aromatic rings. The zero-order valence-corrected chi connectivity index (χ0v) is 24.1. The first-order valence-electron chi connectivity index (χ1n) is 13.8.